The smallest absolute Gasteiger partial charge is 0.335 e. The molecule has 48 heavy (non-hydrogen) atoms. The number of nitrogens with two attached hydrogens (primary N) is 2. The van der Waals surface area contributed by atoms with Crippen molar-refractivity contribution < 1.29 is 29.4 Å². The van der Waals surface area contributed by atoms with Crippen LogP contribution in [0.3, 0.4) is 0 Å². The van der Waals surface area contributed by atoms with Gasteiger partial charge in [0, 0.05) is 25.2 Å². The van der Waals surface area contributed by atoms with E-state index in [4.69, 9.17) is 11.5 Å². The molecular weight excluding hydrogens is 649 g/mol. The van der Waals surface area contributed by atoms with Gasteiger partial charge in [-0.2, -0.15) is 0 Å². The lowest BCUT2D eigenvalue weighted by Gasteiger charge is -2.27. The average Bonchev–Trinajstić information content (AvgIpc) is 3.09. The molecule has 4 atom stereocenters. The Morgan fingerprint density at radius 2 is 0.854 bits per heavy atom. The molecule has 4 aromatic carbocycles. The normalized spacial score (nSPS) is 13.5. The fourth-order valence-corrected chi connectivity index (χ4v) is 7.99. The Hall–Kier alpha value is -4.62. The molecule has 0 radical (unpaired) electrons. The molecule has 0 heterocycles. The van der Waals surface area contributed by atoms with Gasteiger partial charge in [-0.05, 0) is 59.4 Å². The van der Waals surface area contributed by atoms with Crippen LogP contribution in [0, 0.1) is 0 Å². The summed E-state index contributed by atoms with van der Waals surface area (Å²) in [6, 6.07) is 30.2. The van der Waals surface area contributed by atoms with E-state index in [2.05, 4.69) is 10.6 Å². The van der Waals surface area contributed by atoms with E-state index >= 15 is 0 Å². The van der Waals surface area contributed by atoms with E-state index in [1.807, 2.05) is 60.7 Å². The molecule has 0 saturated heterocycles. The van der Waals surface area contributed by atoms with Crippen LogP contribution in [0.1, 0.15) is 43.0 Å². The van der Waals surface area contributed by atoms with Crippen LogP contribution < -0.4 is 22.1 Å². The molecule has 4 rings (SSSR count). The third kappa shape index (κ3) is 11.0. The molecule has 0 aliphatic heterocycles. The standard InChI is InChI=1S/C36H38N4O6S2/c37-29(19-23-11-15-27(16-12-23)35(43)44)31(33(41)39-21-25-7-3-1-4-8-25)47-48-32(34(42)40-22-26-9-5-2-6-10-26)30(38)20-24-13-17-28(18-14-24)36(45)46/h1-18,29-32H,19-22,37-38H2,(H,39,41)(H,40,42)(H,43,44)(H,45,46)/t29-,30-,31-,32-/m0/s1. The maximum absolute atomic E-state index is 13.6. The van der Waals surface area contributed by atoms with Gasteiger partial charge >= 0.3 is 11.9 Å². The largest absolute Gasteiger partial charge is 0.478 e. The Balaban J connectivity index is 1.53. The summed E-state index contributed by atoms with van der Waals surface area (Å²) < 4.78 is 0. The number of rotatable bonds is 17. The minimum atomic E-state index is -1.04. The topological polar surface area (TPSA) is 185 Å². The van der Waals surface area contributed by atoms with E-state index in [0.717, 1.165) is 22.3 Å². The fourth-order valence-electron chi connectivity index (χ4n) is 4.84. The maximum Gasteiger partial charge on any atom is 0.335 e. The van der Waals surface area contributed by atoms with Gasteiger partial charge in [0.1, 0.15) is 10.5 Å². The van der Waals surface area contributed by atoms with Crippen molar-refractivity contribution in [1.29, 1.82) is 0 Å². The van der Waals surface area contributed by atoms with Crippen molar-refractivity contribution in [2.24, 2.45) is 11.5 Å². The number of carbonyl (C=O) groups is 4. The maximum atomic E-state index is 13.6. The number of nitrogens with one attached hydrogen (secondary N) is 2. The first-order valence-corrected chi connectivity index (χ1v) is 17.5. The lowest BCUT2D eigenvalue weighted by Crippen LogP contribution is -2.47. The van der Waals surface area contributed by atoms with Gasteiger partial charge in [0.15, 0.2) is 0 Å². The molecule has 4 aromatic rings. The molecule has 250 valence electrons. The Labute approximate surface area is 287 Å². The Morgan fingerprint density at radius 3 is 1.17 bits per heavy atom. The minimum absolute atomic E-state index is 0.144. The first kappa shape index (κ1) is 36.2. The zero-order chi connectivity index (χ0) is 34.5. The van der Waals surface area contributed by atoms with Crippen LogP contribution in [-0.2, 0) is 35.5 Å². The van der Waals surface area contributed by atoms with Gasteiger partial charge in [-0.3, -0.25) is 9.59 Å². The highest BCUT2D eigenvalue weighted by Gasteiger charge is 2.33. The average molecular weight is 687 g/mol. The van der Waals surface area contributed by atoms with Gasteiger partial charge in [0.25, 0.3) is 0 Å². The molecule has 0 spiro atoms. The van der Waals surface area contributed by atoms with Crippen molar-refractivity contribution in [2.45, 2.75) is 48.5 Å². The number of hydrogen-bond acceptors (Lipinski definition) is 8. The molecule has 10 nitrogen and oxygen atoms in total. The molecule has 0 bridgehead atoms. The zero-order valence-electron chi connectivity index (χ0n) is 26.0. The molecule has 0 aromatic heterocycles. The number of benzene rings is 4. The van der Waals surface area contributed by atoms with Crippen molar-refractivity contribution in [1.82, 2.24) is 10.6 Å². The van der Waals surface area contributed by atoms with Gasteiger partial charge in [0.05, 0.1) is 11.1 Å². The van der Waals surface area contributed by atoms with E-state index in [1.165, 1.54) is 45.9 Å². The number of amides is 2. The van der Waals surface area contributed by atoms with Gasteiger partial charge < -0.3 is 32.3 Å². The highest BCUT2D eigenvalue weighted by atomic mass is 33.1. The molecule has 12 heteroatoms. The van der Waals surface area contributed by atoms with Crippen molar-refractivity contribution in [2.75, 3.05) is 0 Å². The predicted molar refractivity (Wildman–Crippen MR) is 189 cm³/mol. The highest BCUT2D eigenvalue weighted by molar-refractivity contribution is 8.77. The zero-order valence-corrected chi connectivity index (χ0v) is 27.7. The van der Waals surface area contributed by atoms with E-state index < -0.39 is 34.5 Å². The lowest BCUT2D eigenvalue weighted by molar-refractivity contribution is -0.121. The Bertz CT molecular complexity index is 1530. The van der Waals surface area contributed by atoms with Crippen LogP contribution >= 0.6 is 21.6 Å². The summed E-state index contributed by atoms with van der Waals surface area (Å²) in [5, 5.41) is 22.8. The number of aromatic carboxylic acids is 2. The van der Waals surface area contributed by atoms with Crippen LogP contribution in [-0.4, -0.2) is 56.5 Å². The lowest BCUT2D eigenvalue weighted by atomic mass is 10.0. The molecular formula is C36H38N4O6S2. The van der Waals surface area contributed by atoms with E-state index in [1.54, 1.807) is 24.3 Å². The van der Waals surface area contributed by atoms with Crippen molar-refractivity contribution in [3.05, 3.63) is 143 Å². The van der Waals surface area contributed by atoms with Crippen LogP contribution in [0.4, 0.5) is 0 Å². The van der Waals surface area contributed by atoms with Crippen molar-refractivity contribution in [3.63, 3.8) is 0 Å². The summed E-state index contributed by atoms with van der Waals surface area (Å²) in [5.41, 5.74) is 17.0. The number of carboxylic acids is 2. The van der Waals surface area contributed by atoms with Crippen LogP contribution in [0.2, 0.25) is 0 Å². The van der Waals surface area contributed by atoms with Crippen molar-refractivity contribution in [3.8, 4) is 0 Å². The van der Waals surface area contributed by atoms with Crippen LogP contribution in [0.15, 0.2) is 109 Å². The minimum Gasteiger partial charge on any atom is -0.478 e. The van der Waals surface area contributed by atoms with E-state index in [-0.39, 0.29) is 48.9 Å². The predicted octanol–water partition coefficient (Wildman–Crippen LogP) is 4.27. The third-order valence-corrected chi connectivity index (χ3v) is 10.8. The van der Waals surface area contributed by atoms with Crippen LogP contribution in [0.25, 0.3) is 0 Å². The van der Waals surface area contributed by atoms with Crippen molar-refractivity contribution >= 4 is 45.3 Å². The molecule has 8 N–H and O–H groups in total. The monoisotopic (exact) mass is 686 g/mol. The van der Waals surface area contributed by atoms with Gasteiger partial charge in [-0.15, -0.1) is 0 Å². The second kappa shape index (κ2) is 18.1. The summed E-state index contributed by atoms with van der Waals surface area (Å²) in [4.78, 5) is 49.9. The fraction of sp³-hybridized carbons (Fsp3) is 0.222. The van der Waals surface area contributed by atoms with E-state index in [9.17, 15) is 29.4 Å². The molecule has 2 amide bonds. The summed E-state index contributed by atoms with van der Waals surface area (Å²) in [6.07, 6.45) is 0.563. The highest BCUT2D eigenvalue weighted by Crippen LogP contribution is 2.35. The van der Waals surface area contributed by atoms with Gasteiger partial charge in [-0.25, -0.2) is 9.59 Å². The molecule has 0 unspecified atom stereocenters. The summed E-state index contributed by atoms with van der Waals surface area (Å²) in [6.45, 7) is 0.572. The number of carbonyl (C=O) groups excluding carboxylic acids is 2. The SMILES string of the molecule is N[C@@H](Cc1ccc(C(=O)O)cc1)[C@H](SS[C@H](C(=O)NCc1ccccc1)[C@@H](N)Cc1ccc(C(=O)O)cc1)C(=O)NCc1ccccc1. The third-order valence-electron chi connectivity index (χ3n) is 7.52. The van der Waals surface area contributed by atoms with E-state index in [0.29, 0.717) is 0 Å². The molecule has 0 saturated carbocycles. The number of carboxylic acid groups (broad SMARTS) is 2. The summed E-state index contributed by atoms with van der Waals surface area (Å²) in [5.74, 6) is -2.71. The second-order valence-electron chi connectivity index (χ2n) is 11.2. The molecule has 0 aliphatic carbocycles. The summed E-state index contributed by atoms with van der Waals surface area (Å²) >= 11 is 0. The quantitative estimate of drug-likeness (QED) is 0.0877. The number of hydrogen-bond donors (Lipinski definition) is 6. The summed E-state index contributed by atoms with van der Waals surface area (Å²) in [7, 11) is 2.34. The molecule has 0 aliphatic rings. The molecule has 0 fully saturated rings. The van der Waals surface area contributed by atoms with Gasteiger partial charge in [-0.1, -0.05) is 107 Å². The second-order valence-corrected chi connectivity index (χ2v) is 13.7. The van der Waals surface area contributed by atoms with Gasteiger partial charge in [0.2, 0.25) is 11.8 Å². The first-order valence-electron chi connectivity index (χ1n) is 15.2. The Morgan fingerprint density at radius 1 is 0.521 bits per heavy atom. The first-order chi connectivity index (χ1) is 23.1. The Kier molecular flexibility index (Phi) is 13.6. The van der Waals surface area contributed by atoms with Crippen LogP contribution in [0.5, 0.6) is 0 Å².